The third-order valence-electron chi connectivity index (χ3n) is 3.42. The van der Waals surface area contributed by atoms with E-state index in [0.29, 0.717) is 11.5 Å². The lowest BCUT2D eigenvalue weighted by Gasteiger charge is -2.29. The molecule has 2 atom stereocenters. The second-order valence-electron chi connectivity index (χ2n) is 6.28. The number of ether oxygens (including phenoxy) is 1. The molecule has 1 rings (SSSR count). The molecule has 1 N–H and O–H groups in total. The predicted octanol–water partition coefficient (Wildman–Crippen LogP) is 4.18. The van der Waals surface area contributed by atoms with Crippen LogP contribution in [0.4, 0.5) is 0 Å². The van der Waals surface area contributed by atoms with E-state index >= 15 is 0 Å². The zero-order valence-electron chi connectivity index (χ0n) is 13.1. The van der Waals surface area contributed by atoms with Crippen LogP contribution in [0.3, 0.4) is 0 Å². The van der Waals surface area contributed by atoms with Crippen molar-refractivity contribution in [3.63, 3.8) is 0 Å². The van der Waals surface area contributed by atoms with Gasteiger partial charge in [0.1, 0.15) is 0 Å². The molecule has 0 spiro atoms. The first kappa shape index (κ1) is 16.2. The summed E-state index contributed by atoms with van der Waals surface area (Å²) in [6, 6.07) is 10.9. The van der Waals surface area contributed by atoms with Crippen LogP contribution in [0.2, 0.25) is 0 Å². The Morgan fingerprint density at radius 1 is 1.16 bits per heavy atom. The van der Waals surface area contributed by atoms with Crippen molar-refractivity contribution >= 4 is 0 Å². The largest absolute Gasteiger partial charge is 0.372 e. The van der Waals surface area contributed by atoms with Crippen molar-refractivity contribution in [2.45, 2.75) is 52.7 Å². The summed E-state index contributed by atoms with van der Waals surface area (Å²) >= 11 is 0. The fourth-order valence-corrected chi connectivity index (χ4v) is 2.30. The van der Waals surface area contributed by atoms with E-state index in [0.717, 1.165) is 13.0 Å². The van der Waals surface area contributed by atoms with E-state index in [1.165, 1.54) is 12.0 Å². The van der Waals surface area contributed by atoms with Gasteiger partial charge in [-0.2, -0.15) is 0 Å². The van der Waals surface area contributed by atoms with Crippen molar-refractivity contribution in [3.05, 3.63) is 35.9 Å². The Morgan fingerprint density at radius 3 is 2.26 bits per heavy atom. The Morgan fingerprint density at radius 2 is 1.79 bits per heavy atom. The smallest absolute Gasteiger partial charge is 0.0977 e. The second-order valence-corrected chi connectivity index (χ2v) is 6.28. The summed E-state index contributed by atoms with van der Waals surface area (Å²) in [6.45, 7) is 9.67. The fraction of sp³-hybridized carbons (Fsp3) is 0.647. The number of nitrogens with one attached hydrogen (secondary N) is 1. The molecule has 108 valence electrons. The molecule has 0 aliphatic rings. The van der Waals surface area contributed by atoms with Crippen molar-refractivity contribution in [2.75, 3.05) is 13.7 Å². The Hall–Kier alpha value is -0.860. The van der Waals surface area contributed by atoms with Crippen LogP contribution in [0.5, 0.6) is 0 Å². The summed E-state index contributed by atoms with van der Waals surface area (Å²) in [5, 5.41) is 3.43. The van der Waals surface area contributed by atoms with Crippen molar-refractivity contribution < 1.29 is 4.74 Å². The van der Waals surface area contributed by atoms with Gasteiger partial charge in [0.2, 0.25) is 0 Å². The maximum Gasteiger partial charge on any atom is 0.0977 e. The van der Waals surface area contributed by atoms with Crippen molar-refractivity contribution in [2.24, 2.45) is 5.41 Å². The van der Waals surface area contributed by atoms with Crippen LogP contribution in [-0.2, 0) is 4.74 Å². The summed E-state index contributed by atoms with van der Waals surface area (Å²) in [6.07, 6.45) is 2.45. The monoisotopic (exact) mass is 263 g/mol. The second kappa shape index (κ2) is 7.66. The predicted molar refractivity (Wildman–Crippen MR) is 82.3 cm³/mol. The van der Waals surface area contributed by atoms with Gasteiger partial charge in [0, 0.05) is 12.6 Å². The zero-order chi connectivity index (χ0) is 14.3. The number of rotatable bonds is 7. The van der Waals surface area contributed by atoms with Gasteiger partial charge in [0.15, 0.2) is 0 Å². The standard InChI is InChI=1S/C17H29NO/c1-6-19-16(14-10-8-7-9-11-14)15(18-5)12-13-17(2,3)4/h7-11,15-16,18H,6,12-13H2,1-5H3. The Balaban J connectivity index is 2.77. The van der Waals surface area contributed by atoms with Crippen LogP contribution in [0.15, 0.2) is 30.3 Å². The van der Waals surface area contributed by atoms with E-state index in [2.05, 4.69) is 63.3 Å². The maximum atomic E-state index is 5.98. The van der Waals surface area contributed by atoms with E-state index in [-0.39, 0.29) is 6.10 Å². The van der Waals surface area contributed by atoms with Crippen LogP contribution in [-0.4, -0.2) is 19.7 Å². The number of likely N-dealkylation sites (N-methyl/N-ethyl adjacent to an activating group) is 1. The fourth-order valence-electron chi connectivity index (χ4n) is 2.30. The first-order valence-electron chi connectivity index (χ1n) is 7.31. The van der Waals surface area contributed by atoms with Crippen LogP contribution in [0.25, 0.3) is 0 Å². The van der Waals surface area contributed by atoms with Crippen LogP contribution < -0.4 is 5.32 Å². The molecule has 0 saturated heterocycles. The molecule has 1 aromatic carbocycles. The van der Waals surface area contributed by atoms with Gasteiger partial charge in [0.05, 0.1) is 6.10 Å². The Labute approximate surface area is 118 Å². The Kier molecular flexibility index (Phi) is 6.53. The maximum absolute atomic E-state index is 5.98. The molecule has 0 fully saturated rings. The lowest BCUT2D eigenvalue weighted by atomic mass is 9.86. The van der Waals surface area contributed by atoms with Crippen LogP contribution in [0, 0.1) is 5.41 Å². The van der Waals surface area contributed by atoms with E-state index in [1.807, 2.05) is 7.05 Å². The summed E-state index contributed by atoms with van der Waals surface area (Å²) in [5.41, 5.74) is 1.63. The van der Waals surface area contributed by atoms with Crippen molar-refractivity contribution in [3.8, 4) is 0 Å². The molecule has 0 amide bonds. The molecular formula is C17H29NO. The van der Waals surface area contributed by atoms with Gasteiger partial charge in [-0.1, -0.05) is 51.1 Å². The van der Waals surface area contributed by atoms with Gasteiger partial charge in [0.25, 0.3) is 0 Å². The SMILES string of the molecule is CCOC(c1ccccc1)C(CCC(C)(C)C)NC. The van der Waals surface area contributed by atoms with E-state index in [4.69, 9.17) is 4.74 Å². The summed E-state index contributed by atoms with van der Waals surface area (Å²) < 4.78 is 5.98. The molecule has 2 unspecified atom stereocenters. The molecule has 0 heterocycles. The molecule has 1 aromatic rings. The summed E-state index contributed by atoms with van der Waals surface area (Å²) in [7, 11) is 2.03. The molecule has 0 saturated carbocycles. The third-order valence-corrected chi connectivity index (χ3v) is 3.42. The molecule has 0 aliphatic carbocycles. The molecule has 0 radical (unpaired) electrons. The highest BCUT2D eigenvalue weighted by molar-refractivity contribution is 5.19. The minimum absolute atomic E-state index is 0.138. The first-order valence-corrected chi connectivity index (χ1v) is 7.31. The van der Waals surface area contributed by atoms with Crippen LogP contribution >= 0.6 is 0 Å². The van der Waals surface area contributed by atoms with Gasteiger partial charge in [-0.15, -0.1) is 0 Å². The highest BCUT2D eigenvalue weighted by atomic mass is 16.5. The lowest BCUT2D eigenvalue weighted by Crippen LogP contribution is -2.34. The van der Waals surface area contributed by atoms with Crippen molar-refractivity contribution in [1.82, 2.24) is 5.32 Å². The third kappa shape index (κ3) is 5.75. The Bertz CT molecular complexity index is 342. The number of hydrogen-bond acceptors (Lipinski definition) is 2. The molecule has 2 heteroatoms. The quantitative estimate of drug-likeness (QED) is 0.797. The average molecular weight is 263 g/mol. The van der Waals surface area contributed by atoms with Gasteiger partial charge in [-0.3, -0.25) is 0 Å². The summed E-state index contributed by atoms with van der Waals surface area (Å²) in [5.74, 6) is 0. The minimum Gasteiger partial charge on any atom is -0.372 e. The summed E-state index contributed by atoms with van der Waals surface area (Å²) in [4.78, 5) is 0. The number of benzene rings is 1. The first-order chi connectivity index (χ1) is 8.98. The van der Waals surface area contributed by atoms with E-state index in [9.17, 15) is 0 Å². The molecule has 0 aliphatic heterocycles. The van der Waals surface area contributed by atoms with Crippen molar-refractivity contribution in [1.29, 1.82) is 0 Å². The van der Waals surface area contributed by atoms with Gasteiger partial charge in [-0.25, -0.2) is 0 Å². The number of hydrogen-bond donors (Lipinski definition) is 1. The van der Waals surface area contributed by atoms with E-state index < -0.39 is 0 Å². The van der Waals surface area contributed by atoms with E-state index in [1.54, 1.807) is 0 Å². The molecule has 0 bridgehead atoms. The molecule has 2 nitrogen and oxygen atoms in total. The lowest BCUT2D eigenvalue weighted by molar-refractivity contribution is 0.0301. The molecule has 0 aromatic heterocycles. The van der Waals surface area contributed by atoms with Gasteiger partial charge in [-0.05, 0) is 37.8 Å². The molecule has 19 heavy (non-hydrogen) atoms. The average Bonchev–Trinajstić information content (AvgIpc) is 2.38. The zero-order valence-corrected chi connectivity index (χ0v) is 13.1. The minimum atomic E-state index is 0.138. The normalized spacial score (nSPS) is 15.2. The highest BCUT2D eigenvalue weighted by Gasteiger charge is 2.24. The van der Waals surface area contributed by atoms with Gasteiger partial charge < -0.3 is 10.1 Å². The topological polar surface area (TPSA) is 21.3 Å². The van der Waals surface area contributed by atoms with Gasteiger partial charge >= 0.3 is 0 Å². The molecular weight excluding hydrogens is 234 g/mol. The highest BCUT2D eigenvalue weighted by Crippen LogP contribution is 2.28. The van der Waals surface area contributed by atoms with Crippen LogP contribution in [0.1, 0.15) is 52.2 Å².